The third-order valence-corrected chi connectivity index (χ3v) is 2.61. The van der Waals surface area contributed by atoms with Crippen LogP contribution in [0.3, 0.4) is 0 Å². The Morgan fingerprint density at radius 3 is 2.82 bits per heavy atom. The predicted octanol–water partition coefficient (Wildman–Crippen LogP) is 1.95. The molecule has 2 N–H and O–H groups in total. The molecule has 0 fully saturated rings. The van der Waals surface area contributed by atoms with E-state index in [1.54, 1.807) is 6.08 Å². The predicted molar refractivity (Wildman–Crippen MR) is 70.8 cm³/mol. The lowest BCUT2D eigenvalue weighted by Gasteiger charge is -2.16. The monoisotopic (exact) mass is 232 g/mol. The minimum absolute atomic E-state index is 0.00241. The van der Waals surface area contributed by atoms with E-state index in [1.807, 2.05) is 38.1 Å². The quantitative estimate of drug-likeness (QED) is 0.581. The minimum atomic E-state index is 0.00241. The molecule has 0 unspecified atom stereocenters. The first kappa shape index (κ1) is 13.5. The SMILES string of the molecule is C=CCNCC(=O)N[C@@H](C)c1ccccc1C. The lowest BCUT2D eigenvalue weighted by atomic mass is 10.0. The van der Waals surface area contributed by atoms with Crippen molar-refractivity contribution in [2.45, 2.75) is 19.9 Å². The van der Waals surface area contributed by atoms with Crippen molar-refractivity contribution in [3.8, 4) is 0 Å². The second kappa shape index (κ2) is 6.86. The molecule has 0 aliphatic rings. The van der Waals surface area contributed by atoms with E-state index in [9.17, 15) is 4.79 Å². The molecule has 1 aromatic carbocycles. The Balaban J connectivity index is 2.49. The molecule has 1 atom stereocenters. The van der Waals surface area contributed by atoms with E-state index in [0.29, 0.717) is 13.1 Å². The number of hydrogen-bond donors (Lipinski definition) is 2. The van der Waals surface area contributed by atoms with Crippen molar-refractivity contribution in [2.24, 2.45) is 0 Å². The largest absolute Gasteiger partial charge is 0.348 e. The Labute approximate surface area is 103 Å². The molecular formula is C14H20N2O. The Morgan fingerprint density at radius 2 is 2.18 bits per heavy atom. The van der Waals surface area contributed by atoms with Gasteiger partial charge in [-0.05, 0) is 25.0 Å². The summed E-state index contributed by atoms with van der Waals surface area (Å²) in [6, 6.07) is 8.11. The highest BCUT2D eigenvalue weighted by Crippen LogP contribution is 2.16. The summed E-state index contributed by atoms with van der Waals surface area (Å²) in [6.45, 7) is 8.59. The van der Waals surface area contributed by atoms with Crippen LogP contribution in [-0.4, -0.2) is 19.0 Å². The summed E-state index contributed by atoms with van der Waals surface area (Å²) in [5, 5.41) is 5.94. The van der Waals surface area contributed by atoms with Crippen LogP contribution < -0.4 is 10.6 Å². The number of benzene rings is 1. The van der Waals surface area contributed by atoms with Gasteiger partial charge in [-0.1, -0.05) is 30.3 Å². The van der Waals surface area contributed by atoms with E-state index in [2.05, 4.69) is 17.2 Å². The van der Waals surface area contributed by atoms with Crippen molar-refractivity contribution in [2.75, 3.05) is 13.1 Å². The Hall–Kier alpha value is -1.61. The number of hydrogen-bond acceptors (Lipinski definition) is 2. The fourth-order valence-corrected chi connectivity index (χ4v) is 1.73. The van der Waals surface area contributed by atoms with Gasteiger partial charge < -0.3 is 10.6 Å². The summed E-state index contributed by atoms with van der Waals surface area (Å²) in [7, 11) is 0. The summed E-state index contributed by atoms with van der Waals surface area (Å²) < 4.78 is 0. The number of carbonyl (C=O) groups is 1. The average molecular weight is 232 g/mol. The van der Waals surface area contributed by atoms with Crippen LogP contribution in [-0.2, 0) is 4.79 Å². The summed E-state index contributed by atoms with van der Waals surface area (Å²) >= 11 is 0. The third kappa shape index (κ3) is 4.41. The van der Waals surface area contributed by atoms with E-state index < -0.39 is 0 Å². The van der Waals surface area contributed by atoms with E-state index in [-0.39, 0.29) is 11.9 Å². The van der Waals surface area contributed by atoms with Crippen LogP contribution in [0.4, 0.5) is 0 Å². The molecule has 92 valence electrons. The van der Waals surface area contributed by atoms with E-state index in [1.165, 1.54) is 5.56 Å². The first-order chi connectivity index (χ1) is 8.15. The molecule has 0 spiro atoms. The molecule has 0 aromatic heterocycles. The number of amides is 1. The molecule has 0 saturated carbocycles. The maximum absolute atomic E-state index is 11.6. The fourth-order valence-electron chi connectivity index (χ4n) is 1.73. The van der Waals surface area contributed by atoms with Crippen LogP contribution in [0.1, 0.15) is 24.1 Å². The topological polar surface area (TPSA) is 41.1 Å². The molecule has 0 heterocycles. The van der Waals surface area contributed by atoms with Gasteiger partial charge >= 0.3 is 0 Å². The zero-order chi connectivity index (χ0) is 12.7. The van der Waals surface area contributed by atoms with Gasteiger partial charge in [0.15, 0.2) is 0 Å². The zero-order valence-corrected chi connectivity index (χ0v) is 10.5. The van der Waals surface area contributed by atoms with E-state index >= 15 is 0 Å². The van der Waals surface area contributed by atoms with Crippen molar-refractivity contribution in [3.63, 3.8) is 0 Å². The van der Waals surface area contributed by atoms with Crippen molar-refractivity contribution in [3.05, 3.63) is 48.0 Å². The van der Waals surface area contributed by atoms with E-state index in [4.69, 9.17) is 0 Å². The third-order valence-electron chi connectivity index (χ3n) is 2.61. The summed E-state index contributed by atoms with van der Waals surface area (Å²) in [6.07, 6.45) is 1.73. The van der Waals surface area contributed by atoms with Crippen molar-refractivity contribution >= 4 is 5.91 Å². The molecular weight excluding hydrogens is 212 g/mol. The Kier molecular flexibility index (Phi) is 5.43. The van der Waals surface area contributed by atoms with Crippen molar-refractivity contribution in [1.82, 2.24) is 10.6 Å². The van der Waals surface area contributed by atoms with Gasteiger partial charge in [0.25, 0.3) is 0 Å². The van der Waals surface area contributed by atoms with Gasteiger partial charge in [0.2, 0.25) is 5.91 Å². The smallest absolute Gasteiger partial charge is 0.234 e. The number of rotatable bonds is 6. The van der Waals surface area contributed by atoms with Gasteiger partial charge in [0.05, 0.1) is 12.6 Å². The van der Waals surface area contributed by atoms with E-state index in [0.717, 1.165) is 5.56 Å². The second-order valence-electron chi connectivity index (χ2n) is 4.07. The van der Waals surface area contributed by atoms with Crippen LogP contribution >= 0.6 is 0 Å². The average Bonchev–Trinajstić information content (AvgIpc) is 2.29. The van der Waals surface area contributed by atoms with Gasteiger partial charge in [-0.25, -0.2) is 0 Å². The molecule has 0 bridgehead atoms. The lowest BCUT2D eigenvalue weighted by Crippen LogP contribution is -2.35. The summed E-state index contributed by atoms with van der Waals surface area (Å²) in [4.78, 5) is 11.6. The van der Waals surface area contributed by atoms with Crippen LogP contribution in [0.15, 0.2) is 36.9 Å². The maximum atomic E-state index is 11.6. The summed E-state index contributed by atoms with van der Waals surface area (Å²) in [5.74, 6) is 0.00241. The molecule has 1 amide bonds. The molecule has 0 radical (unpaired) electrons. The van der Waals surface area contributed by atoms with Crippen LogP contribution in [0.5, 0.6) is 0 Å². The van der Waals surface area contributed by atoms with Crippen LogP contribution in [0, 0.1) is 6.92 Å². The highest BCUT2D eigenvalue weighted by Gasteiger charge is 2.10. The van der Waals surface area contributed by atoms with Gasteiger partial charge in [-0.3, -0.25) is 4.79 Å². The Bertz CT molecular complexity index is 388. The highest BCUT2D eigenvalue weighted by atomic mass is 16.1. The number of nitrogens with one attached hydrogen (secondary N) is 2. The molecule has 0 saturated heterocycles. The maximum Gasteiger partial charge on any atom is 0.234 e. The van der Waals surface area contributed by atoms with Crippen molar-refractivity contribution in [1.29, 1.82) is 0 Å². The molecule has 1 aromatic rings. The molecule has 3 heteroatoms. The molecule has 17 heavy (non-hydrogen) atoms. The van der Waals surface area contributed by atoms with Gasteiger partial charge in [0, 0.05) is 6.54 Å². The second-order valence-corrected chi connectivity index (χ2v) is 4.07. The van der Waals surface area contributed by atoms with Crippen LogP contribution in [0.25, 0.3) is 0 Å². The van der Waals surface area contributed by atoms with Crippen molar-refractivity contribution < 1.29 is 4.79 Å². The first-order valence-electron chi connectivity index (χ1n) is 5.81. The molecule has 0 aliphatic carbocycles. The van der Waals surface area contributed by atoms with Gasteiger partial charge in [-0.2, -0.15) is 0 Å². The first-order valence-corrected chi connectivity index (χ1v) is 5.81. The lowest BCUT2D eigenvalue weighted by molar-refractivity contribution is -0.120. The zero-order valence-electron chi connectivity index (χ0n) is 10.5. The number of carbonyl (C=O) groups excluding carboxylic acids is 1. The normalized spacial score (nSPS) is 11.9. The van der Waals surface area contributed by atoms with Gasteiger partial charge in [0.1, 0.15) is 0 Å². The summed E-state index contributed by atoms with van der Waals surface area (Å²) in [5.41, 5.74) is 2.35. The van der Waals surface area contributed by atoms with Crippen LogP contribution in [0.2, 0.25) is 0 Å². The highest BCUT2D eigenvalue weighted by molar-refractivity contribution is 5.78. The standard InChI is InChI=1S/C14H20N2O/c1-4-9-15-10-14(17)16-12(3)13-8-6-5-7-11(13)2/h4-8,12,15H,1,9-10H2,2-3H3,(H,16,17)/t12-/m0/s1. The fraction of sp³-hybridized carbons (Fsp3) is 0.357. The molecule has 0 aliphatic heterocycles. The van der Waals surface area contributed by atoms with Gasteiger partial charge in [-0.15, -0.1) is 6.58 Å². The molecule has 3 nitrogen and oxygen atoms in total. The number of aryl methyl sites for hydroxylation is 1. The molecule has 1 rings (SSSR count). The Morgan fingerprint density at radius 1 is 1.47 bits per heavy atom. The minimum Gasteiger partial charge on any atom is -0.348 e.